The van der Waals surface area contributed by atoms with Gasteiger partial charge in [-0.2, -0.15) is 4.31 Å². The molecule has 0 aliphatic carbocycles. The highest BCUT2D eigenvalue weighted by Crippen LogP contribution is 2.28. The fourth-order valence-electron chi connectivity index (χ4n) is 3.40. The minimum Gasteiger partial charge on any atom is -0.487 e. The van der Waals surface area contributed by atoms with E-state index in [-0.39, 0.29) is 35.0 Å². The van der Waals surface area contributed by atoms with E-state index >= 15 is 0 Å². The van der Waals surface area contributed by atoms with Gasteiger partial charge in [-0.25, -0.2) is 8.42 Å². The van der Waals surface area contributed by atoms with Gasteiger partial charge < -0.3 is 10.1 Å². The summed E-state index contributed by atoms with van der Waals surface area (Å²) in [7, 11) is -3.50. The molecule has 9 nitrogen and oxygen atoms in total. The number of ether oxygens (including phenoxy) is 1. The van der Waals surface area contributed by atoms with Crippen molar-refractivity contribution in [2.24, 2.45) is 0 Å². The molecule has 0 bridgehead atoms. The fraction of sp³-hybridized carbons (Fsp3) is 0.381. The van der Waals surface area contributed by atoms with E-state index in [4.69, 9.17) is 4.74 Å². The average Bonchev–Trinajstić information content (AvgIpc) is 2.78. The third-order valence-corrected chi connectivity index (χ3v) is 6.96. The van der Waals surface area contributed by atoms with Gasteiger partial charge in [0.1, 0.15) is 0 Å². The van der Waals surface area contributed by atoms with Gasteiger partial charge in [0, 0.05) is 31.3 Å². The first kappa shape index (κ1) is 22.7. The second-order valence-electron chi connectivity index (χ2n) is 7.16. The predicted molar refractivity (Wildman–Crippen MR) is 114 cm³/mol. The van der Waals surface area contributed by atoms with Gasteiger partial charge >= 0.3 is 5.69 Å². The molecule has 0 unspecified atom stereocenters. The van der Waals surface area contributed by atoms with Crippen LogP contribution in [-0.4, -0.2) is 43.2 Å². The highest BCUT2D eigenvalue weighted by atomic mass is 32.2. The van der Waals surface area contributed by atoms with Crippen molar-refractivity contribution >= 4 is 21.6 Å². The standard InChI is InChI=1S/C21H25N3O6S/c1-2-30-20-11-8-17(14-19(20)24(26)27)21(25)22-15-16-6-9-18(10-7-16)31(28,29)23-12-4-3-5-13-23/h6-11,14H,2-5,12-13,15H2,1H3,(H,22,25). The monoisotopic (exact) mass is 447 g/mol. The Morgan fingerprint density at radius 2 is 1.81 bits per heavy atom. The van der Waals surface area contributed by atoms with E-state index in [1.165, 1.54) is 34.6 Å². The Kier molecular flexibility index (Phi) is 7.24. The number of rotatable bonds is 8. The van der Waals surface area contributed by atoms with Gasteiger partial charge in [-0.3, -0.25) is 14.9 Å². The molecule has 1 aliphatic rings. The molecule has 1 heterocycles. The van der Waals surface area contributed by atoms with Crippen LogP contribution in [0.25, 0.3) is 0 Å². The molecular weight excluding hydrogens is 422 g/mol. The quantitative estimate of drug-likeness (QED) is 0.491. The molecule has 1 aliphatic heterocycles. The summed E-state index contributed by atoms with van der Waals surface area (Å²) in [6, 6.07) is 10.4. The first-order valence-corrected chi connectivity index (χ1v) is 11.6. The van der Waals surface area contributed by atoms with Crippen LogP contribution < -0.4 is 10.1 Å². The molecule has 3 rings (SSSR count). The largest absolute Gasteiger partial charge is 0.487 e. The van der Waals surface area contributed by atoms with E-state index in [1.54, 1.807) is 19.1 Å². The molecule has 1 saturated heterocycles. The van der Waals surface area contributed by atoms with Crippen molar-refractivity contribution in [2.45, 2.75) is 37.6 Å². The van der Waals surface area contributed by atoms with E-state index in [0.29, 0.717) is 18.7 Å². The van der Waals surface area contributed by atoms with Gasteiger partial charge in [-0.15, -0.1) is 0 Å². The molecule has 1 fully saturated rings. The average molecular weight is 448 g/mol. The zero-order chi connectivity index (χ0) is 22.4. The maximum atomic E-state index is 12.7. The van der Waals surface area contributed by atoms with Crippen LogP contribution in [0.2, 0.25) is 0 Å². The van der Waals surface area contributed by atoms with E-state index < -0.39 is 20.9 Å². The van der Waals surface area contributed by atoms with Crippen LogP contribution in [0.5, 0.6) is 5.75 Å². The maximum absolute atomic E-state index is 12.7. The van der Waals surface area contributed by atoms with Crippen LogP contribution in [-0.2, 0) is 16.6 Å². The van der Waals surface area contributed by atoms with E-state index in [1.807, 2.05) is 0 Å². The number of hydrogen-bond acceptors (Lipinski definition) is 6. The van der Waals surface area contributed by atoms with Gasteiger partial charge in [0.2, 0.25) is 10.0 Å². The van der Waals surface area contributed by atoms with E-state index in [2.05, 4.69) is 5.32 Å². The SMILES string of the molecule is CCOc1ccc(C(=O)NCc2ccc(S(=O)(=O)N3CCCCC3)cc2)cc1[N+](=O)[O-]. The van der Waals surface area contributed by atoms with Crippen LogP contribution in [0.1, 0.15) is 42.1 Å². The number of carbonyl (C=O) groups excluding carboxylic acids is 1. The first-order chi connectivity index (χ1) is 14.8. The number of nitro groups is 1. The number of nitrogens with one attached hydrogen (secondary N) is 1. The zero-order valence-electron chi connectivity index (χ0n) is 17.2. The van der Waals surface area contributed by atoms with Crippen molar-refractivity contribution in [2.75, 3.05) is 19.7 Å². The van der Waals surface area contributed by atoms with Crippen LogP contribution in [0, 0.1) is 10.1 Å². The Hall–Kier alpha value is -2.98. The lowest BCUT2D eigenvalue weighted by Gasteiger charge is -2.25. The van der Waals surface area contributed by atoms with Gasteiger partial charge in [-0.05, 0) is 49.6 Å². The molecule has 0 spiro atoms. The zero-order valence-corrected chi connectivity index (χ0v) is 18.1. The molecule has 1 amide bonds. The van der Waals surface area contributed by atoms with Gasteiger partial charge in [0.15, 0.2) is 5.75 Å². The minimum atomic E-state index is -3.50. The molecule has 0 radical (unpaired) electrons. The van der Waals surface area contributed by atoms with Crippen molar-refractivity contribution in [3.63, 3.8) is 0 Å². The number of nitrogens with zero attached hydrogens (tertiary/aromatic N) is 2. The number of piperidine rings is 1. The van der Waals surface area contributed by atoms with E-state index in [0.717, 1.165) is 19.3 Å². The highest BCUT2D eigenvalue weighted by Gasteiger charge is 2.25. The lowest BCUT2D eigenvalue weighted by atomic mass is 10.1. The molecule has 10 heteroatoms. The molecule has 0 atom stereocenters. The highest BCUT2D eigenvalue weighted by molar-refractivity contribution is 7.89. The molecule has 166 valence electrons. The minimum absolute atomic E-state index is 0.106. The summed E-state index contributed by atoms with van der Waals surface area (Å²) in [6.07, 6.45) is 2.78. The van der Waals surface area contributed by atoms with Gasteiger partial charge in [-0.1, -0.05) is 18.6 Å². The number of nitro benzene ring substituents is 1. The molecule has 2 aromatic carbocycles. The summed E-state index contributed by atoms with van der Waals surface area (Å²) in [5, 5.41) is 13.9. The second kappa shape index (κ2) is 9.88. The molecule has 0 saturated carbocycles. The molecule has 0 aromatic heterocycles. The van der Waals surface area contributed by atoms with Crippen LogP contribution >= 0.6 is 0 Å². The maximum Gasteiger partial charge on any atom is 0.311 e. The first-order valence-electron chi connectivity index (χ1n) is 10.1. The van der Waals surface area contributed by atoms with Crippen molar-refractivity contribution in [1.82, 2.24) is 9.62 Å². The lowest BCUT2D eigenvalue weighted by molar-refractivity contribution is -0.385. The number of benzene rings is 2. The Morgan fingerprint density at radius 3 is 2.42 bits per heavy atom. The number of sulfonamides is 1. The van der Waals surface area contributed by atoms with Crippen LogP contribution in [0.4, 0.5) is 5.69 Å². The molecule has 1 N–H and O–H groups in total. The third-order valence-electron chi connectivity index (χ3n) is 5.05. The second-order valence-corrected chi connectivity index (χ2v) is 9.10. The summed E-state index contributed by atoms with van der Waals surface area (Å²) >= 11 is 0. The summed E-state index contributed by atoms with van der Waals surface area (Å²) in [4.78, 5) is 23.3. The number of amides is 1. The Balaban J connectivity index is 1.65. The number of hydrogen-bond donors (Lipinski definition) is 1. The van der Waals surface area contributed by atoms with Crippen LogP contribution in [0.3, 0.4) is 0 Å². The van der Waals surface area contributed by atoms with Crippen molar-refractivity contribution in [3.05, 3.63) is 63.7 Å². The topological polar surface area (TPSA) is 119 Å². The Morgan fingerprint density at radius 1 is 1.13 bits per heavy atom. The van der Waals surface area contributed by atoms with Crippen molar-refractivity contribution in [3.8, 4) is 5.75 Å². The third kappa shape index (κ3) is 5.39. The fourth-order valence-corrected chi connectivity index (χ4v) is 4.91. The molecular formula is C21H25N3O6S. The van der Waals surface area contributed by atoms with Crippen LogP contribution in [0.15, 0.2) is 47.4 Å². The van der Waals surface area contributed by atoms with Crippen molar-refractivity contribution < 1.29 is 22.9 Å². The summed E-state index contributed by atoms with van der Waals surface area (Å²) in [6.45, 7) is 3.22. The Labute approximate surface area is 181 Å². The predicted octanol–water partition coefficient (Wildman–Crippen LogP) is 3.10. The lowest BCUT2D eigenvalue weighted by Crippen LogP contribution is -2.35. The number of carbonyl (C=O) groups is 1. The Bertz CT molecular complexity index is 1050. The van der Waals surface area contributed by atoms with E-state index in [9.17, 15) is 23.3 Å². The molecule has 2 aromatic rings. The molecule has 31 heavy (non-hydrogen) atoms. The van der Waals surface area contributed by atoms with Crippen molar-refractivity contribution in [1.29, 1.82) is 0 Å². The summed E-state index contributed by atoms with van der Waals surface area (Å²) in [5.41, 5.74) is 0.576. The summed E-state index contributed by atoms with van der Waals surface area (Å²) < 4.78 is 32.1. The smallest absolute Gasteiger partial charge is 0.311 e. The normalized spacial score (nSPS) is 14.7. The van der Waals surface area contributed by atoms with Gasteiger partial charge in [0.25, 0.3) is 5.91 Å². The summed E-state index contributed by atoms with van der Waals surface area (Å²) in [5.74, 6) is -0.370. The van der Waals surface area contributed by atoms with Gasteiger partial charge in [0.05, 0.1) is 16.4 Å².